The Labute approximate surface area is 106 Å². The van der Waals surface area contributed by atoms with Crippen LogP contribution in [-0.4, -0.2) is 25.6 Å². The summed E-state index contributed by atoms with van der Waals surface area (Å²) in [5, 5.41) is 3.50. The van der Waals surface area contributed by atoms with Gasteiger partial charge in [-0.15, -0.1) is 0 Å². The maximum atomic E-state index is 4.40. The molecule has 2 aromatic heterocycles. The van der Waals surface area contributed by atoms with Crippen LogP contribution < -0.4 is 5.32 Å². The highest BCUT2D eigenvalue weighted by atomic mass is 15.1. The molecule has 0 radical (unpaired) electrons. The maximum Gasteiger partial charge on any atom is 0.145 e. The number of hydrogen-bond acceptors (Lipinski definition) is 4. The Hall–Kier alpha value is -1.75. The number of aromatic nitrogens is 4. The largest absolute Gasteiger partial charge is 0.310 e. The van der Waals surface area contributed by atoms with Gasteiger partial charge < -0.3 is 5.32 Å². The number of imidazole rings is 1. The fraction of sp³-hybridized carbons (Fsp3) is 0.462. The van der Waals surface area contributed by atoms with Crippen molar-refractivity contribution < 1.29 is 0 Å². The standard InChI is InChI=1S/C13H17N5/c1-2-12-15-5-6-18(12)13-10(7-14-9-17-13)8-16-11-3-4-11/h5-7,9,11,16H,2-4,8H2,1H3. The minimum Gasteiger partial charge on any atom is -0.310 e. The van der Waals surface area contributed by atoms with Crippen LogP contribution in [0.15, 0.2) is 24.9 Å². The van der Waals surface area contributed by atoms with Crippen LogP contribution >= 0.6 is 0 Å². The molecule has 0 unspecified atom stereocenters. The minimum atomic E-state index is 0.687. The van der Waals surface area contributed by atoms with Gasteiger partial charge in [0.15, 0.2) is 0 Å². The molecule has 18 heavy (non-hydrogen) atoms. The van der Waals surface area contributed by atoms with Gasteiger partial charge in [0.1, 0.15) is 18.0 Å². The summed E-state index contributed by atoms with van der Waals surface area (Å²) in [6.45, 7) is 2.92. The number of nitrogens with one attached hydrogen (secondary N) is 1. The van der Waals surface area contributed by atoms with E-state index < -0.39 is 0 Å². The second-order valence-corrected chi connectivity index (χ2v) is 4.59. The summed E-state index contributed by atoms with van der Waals surface area (Å²) < 4.78 is 2.05. The molecular weight excluding hydrogens is 226 g/mol. The highest BCUT2D eigenvalue weighted by Gasteiger charge is 2.21. The fourth-order valence-electron chi connectivity index (χ4n) is 2.02. The number of aryl methyl sites for hydroxylation is 1. The highest BCUT2D eigenvalue weighted by molar-refractivity contribution is 5.33. The molecule has 94 valence electrons. The van der Waals surface area contributed by atoms with E-state index in [2.05, 4.69) is 27.2 Å². The molecule has 0 aliphatic heterocycles. The lowest BCUT2D eigenvalue weighted by Crippen LogP contribution is -2.18. The summed E-state index contributed by atoms with van der Waals surface area (Å²) in [6, 6.07) is 0.687. The Morgan fingerprint density at radius 2 is 2.28 bits per heavy atom. The first-order valence-electron chi connectivity index (χ1n) is 6.43. The van der Waals surface area contributed by atoms with Gasteiger partial charge in [-0.2, -0.15) is 0 Å². The summed E-state index contributed by atoms with van der Waals surface area (Å²) in [5.74, 6) is 1.97. The number of rotatable bonds is 5. The highest BCUT2D eigenvalue weighted by Crippen LogP contribution is 2.20. The number of nitrogens with zero attached hydrogens (tertiary/aromatic N) is 4. The Balaban J connectivity index is 1.89. The van der Waals surface area contributed by atoms with Crippen molar-refractivity contribution in [2.45, 2.75) is 38.8 Å². The van der Waals surface area contributed by atoms with Crippen molar-refractivity contribution >= 4 is 0 Å². The third-order valence-electron chi connectivity index (χ3n) is 3.18. The van der Waals surface area contributed by atoms with Crippen LogP contribution in [0.25, 0.3) is 5.82 Å². The maximum absolute atomic E-state index is 4.40. The molecule has 0 aromatic carbocycles. The van der Waals surface area contributed by atoms with E-state index >= 15 is 0 Å². The zero-order valence-corrected chi connectivity index (χ0v) is 10.5. The van der Waals surface area contributed by atoms with Gasteiger partial charge in [0.05, 0.1) is 0 Å². The van der Waals surface area contributed by atoms with Gasteiger partial charge in [-0.3, -0.25) is 4.57 Å². The van der Waals surface area contributed by atoms with E-state index in [-0.39, 0.29) is 0 Å². The van der Waals surface area contributed by atoms with Gasteiger partial charge in [-0.1, -0.05) is 6.92 Å². The molecule has 1 saturated carbocycles. The van der Waals surface area contributed by atoms with E-state index in [1.165, 1.54) is 12.8 Å². The monoisotopic (exact) mass is 243 g/mol. The first-order valence-corrected chi connectivity index (χ1v) is 6.43. The lowest BCUT2D eigenvalue weighted by molar-refractivity contribution is 0.676. The average Bonchev–Trinajstić information content (AvgIpc) is 3.12. The zero-order valence-electron chi connectivity index (χ0n) is 10.5. The summed E-state index contributed by atoms with van der Waals surface area (Å²) in [4.78, 5) is 12.9. The summed E-state index contributed by atoms with van der Waals surface area (Å²) >= 11 is 0. The van der Waals surface area contributed by atoms with E-state index in [0.717, 1.165) is 30.2 Å². The van der Waals surface area contributed by atoms with Crippen molar-refractivity contribution in [3.8, 4) is 5.82 Å². The SMILES string of the molecule is CCc1nccn1-c1ncncc1CNC1CC1. The summed E-state index contributed by atoms with van der Waals surface area (Å²) in [7, 11) is 0. The third kappa shape index (κ3) is 2.26. The number of hydrogen-bond donors (Lipinski definition) is 1. The molecule has 1 aliphatic carbocycles. The van der Waals surface area contributed by atoms with E-state index in [0.29, 0.717) is 6.04 Å². The normalized spacial score (nSPS) is 14.9. The van der Waals surface area contributed by atoms with Crippen LogP contribution in [0.2, 0.25) is 0 Å². The fourth-order valence-corrected chi connectivity index (χ4v) is 2.02. The second-order valence-electron chi connectivity index (χ2n) is 4.59. The molecule has 1 aliphatic rings. The van der Waals surface area contributed by atoms with Gasteiger partial charge in [-0.05, 0) is 12.8 Å². The van der Waals surface area contributed by atoms with E-state index in [9.17, 15) is 0 Å². The van der Waals surface area contributed by atoms with Crippen LogP contribution in [-0.2, 0) is 13.0 Å². The van der Waals surface area contributed by atoms with Gasteiger partial charge in [-0.25, -0.2) is 15.0 Å². The van der Waals surface area contributed by atoms with Gasteiger partial charge in [0.25, 0.3) is 0 Å². The van der Waals surface area contributed by atoms with Crippen LogP contribution in [0.3, 0.4) is 0 Å². The van der Waals surface area contributed by atoms with Crippen molar-refractivity contribution in [3.63, 3.8) is 0 Å². The summed E-state index contributed by atoms with van der Waals surface area (Å²) in [5.41, 5.74) is 1.12. The Morgan fingerprint density at radius 3 is 3.06 bits per heavy atom. The molecular formula is C13H17N5. The van der Waals surface area contributed by atoms with Gasteiger partial charge >= 0.3 is 0 Å². The molecule has 0 amide bonds. The smallest absolute Gasteiger partial charge is 0.145 e. The lowest BCUT2D eigenvalue weighted by atomic mass is 10.3. The quantitative estimate of drug-likeness (QED) is 0.864. The average molecular weight is 243 g/mol. The van der Waals surface area contributed by atoms with Crippen LogP contribution in [0.4, 0.5) is 0 Å². The second kappa shape index (κ2) is 4.86. The first-order chi connectivity index (χ1) is 8.88. The van der Waals surface area contributed by atoms with Crippen molar-refractivity contribution in [2.75, 3.05) is 0 Å². The first kappa shape index (κ1) is 11.3. The van der Waals surface area contributed by atoms with Crippen molar-refractivity contribution in [2.24, 2.45) is 0 Å². The molecule has 5 nitrogen and oxygen atoms in total. The third-order valence-corrected chi connectivity index (χ3v) is 3.18. The van der Waals surface area contributed by atoms with E-state index in [4.69, 9.17) is 0 Å². The Morgan fingerprint density at radius 1 is 1.39 bits per heavy atom. The van der Waals surface area contributed by atoms with Gasteiger partial charge in [0, 0.05) is 43.2 Å². The van der Waals surface area contributed by atoms with Gasteiger partial charge in [0.2, 0.25) is 0 Å². The van der Waals surface area contributed by atoms with Crippen molar-refractivity contribution in [3.05, 3.63) is 36.3 Å². The van der Waals surface area contributed by atoms with E-state index in [1.807, 2.05) is 23.2 Å². The van der Waals surface area contributed by atoms with Crippen LogP contribution in [0, 0.1) is 0 Å². The van der Waals surface area contributed by atoms with E-state index in [1.54, 1.807) is 6.33 Å². The molecule has 1 N–H and O–H groups in total. The van der Waals surface area contributed by atoms with Crippen molar-refractivity contribution in [1.29, 1.82) is 0 Å². The molecule has 0 bridgehead atoms. The molecule has 0 spiro atoms. The van der Waals surface area contributed by atoms with Crippen molar-refractivity contribution in [1.82, 2.24) is 24.8 Å². The lowest BCUT2D eigenvalue weighted by Gasteiger charge is -2.11. The molecule has 1 fully saturated rings. The molecule has 3 rings (SSSR count). The molecule has 5 heteroatoms. The molecule has 2 heterocycles. The molecule has 2 aromatic rings. The zero-order chi connectivity index (χ0) is 12.4. The summed E-state index contributed by atoms with van der Waals surface area (Å²) in [6.07, 6.45) is 10.7. The predicted molar refractivity (Wildman–Crippen MR) is 68.4 cm³/mol. The molecule has 0 saturated heterocycles. The minimum absolute atomic E-state index is 0.687. The Bertz CT molecular complexity index is 530. The van der Waals surface area contributed by atoms with Crippen LogP contribution in [0.5, 0.6) is 0 Å². The topological polar surface area (TPSA) is 55.6 Å². The molecule has 0 atom stereocenters. The predicted octanol–water partition coefficient (Wildman–Crippen LogP) is 1.48. The van der Waals surface area contributed by atoms with Crippen LogP contribution in [0.1, 0.15) is 31.2 Å². The Kier molecular flexibility index (Phi) is 3.06.